The number of carbonyl (C=O) groups excluding carboxylic acids is 1. The van der Waals surface area contributed by atoms with Crippen LogP contribution in [0.4, 0.5) is 10.5 Å². The van der Waals surface area contributed by atoms with Crippen LogP contribution in [0.25, 0.3) is 11.4 Å². The molecular weight excluding hydrogens is 416 g/mol. The summed E-state index contributed by atoms with van der Waals surface area (Å²) in [5.74, 6) is 1.36. The summed E-state index contributed by atoms with van der Waals surface area (Å²) in [5, 5.41) is 7.11. The Balaban J connectivity index is 1.78. The molecule has 1 heterocycles. The molecule has 3 aromatic rings. The van der Waals surface area contributed by atoms with Crippen LogP contribution >= 0.6 is 11.6 Å². The molecule has 0 aliphatic rings. The van der Waals surface area contributed by atoms with Crippen LogP contribution in [0.3, 0.4) is 0 Å². The van der Waals surface area contributed by atoms with Crippen molar-refractivity contribution in [2.24, 2.45) is 5.22 Å². The van der Waals surface area contributed by atoms with Crippen molar-refractivity contribution in [3.05, 3.63) is 70.5 Å². The van der Waals surface area contributed by atoms with Crippen LogP contribution in [-0.2, 0) is 13.0 Å². The van der Waals surface area contributed by atoms with E-state index in [9.17, 15) is 4.79 Å². The highest BCUT2D eigenvalue weighted by Gasteiger charge is 2.14. The van der Waals surface area contributed by atoms with Gasteiger partial charge in [-0.2, -0.15) is 10.5 Å². The van der Waals surface area contributed by atoms with E-state index in [0.29, 0.717) is 27.8 Å². The summed E-state index contributed by atoms with van der Waals surface area (Å²) in [6.45, 7) is 4.15. The first kappa shape index (κ1) is 22.2. The van der Waals surface area contributed by atoms with E-state index in [1.807, 2.05) is 31.2 Å². The minimum atomic E-state index is -0.548. The minimum Gasteiger partial charge on any atom is -0.488 e. The number of anilines is 1. The van der Waals surface area contributed by atoms with Gasteiger partial charge in [0, 0.05) is 35.1 Å². The van der Waals surface area contributed by atoms with Crippen LogP contribution in [0.15, 0.2) is 53.9 Å². The molecule has 0 aliphatic heterocycles. The number of carbonyl (C=O) groups is 1. The van der Waals surface area contributed by atoms with Gasteiger partial charge >= 0.3 is 6.03 Å². The zero-order valence-corrected chi connectivity index (χ0v) is 18.3. The van der Waals surface area contributed by atoms with Gasteiger partial charge < -0.3 is 10.1 Å². The molecule has 2 amide bonds. The van der Waals surface area contributed by atoms with Gasteiger partial charge in [0.1, 0.15) is 12.4 Å². The van der Waals surface area contributed by atoms with Gasteiger partial charge in [0.2, 0.25) is 0 Å². The minimum absolute atomic E-state index is 0.152. The van der Waals surface area contributed by atoms with E-state index >= 15 is 0 Å². The molecule has 0 fully saturated rings. The number of halogens is 1. The fourth-order valence-corrected chi connectivity index (χ4v) is 3.13. The van der Waals surface area contributed by atoms with Crippen molar-refractivity contribution in [3.8, 4) is 17.1 Å². The molecule has 0 radical (unpaired) electrons. The number of aryl methyl sites for hydroxylation is 2. The van der Waals surface area contributed by atoms with Gasteiger partial charge in [-0.3, -0.25) is 0 Å². The average molecular weight is 439 g/mol. The SMILES string of the molecule is CCc1ccnc(-c2ccc(OCc3c(Cl)cccc3NC(=O)N(C)N=N)c(C)c2)n1. The van der Waals surface area contributed by atoms with Gasteiger partial charge in [0.15, 0.2) is 5.82 Å². The number of nitrogens with zero attached hydrogens (tertiary/aromatic N) is 4. The molecule has 0 saturated carbocycles. The number of urea groups is 1. The summed E-state index contributed by atoms with van der Waals surface area (Å²) in [7, 11) is 1.38. The van der Waals surface area contributed by atoms with Crippen molar-refractivity contribution in [2.45, 2.75) is 26.9 Å². The monoisotopic (exact) mass is 438 g/mol. The topological polar surface area (TPSA) is 104 Å². The predicted molar refractivity (Wildman–Crippen MR) is 119 cm³/mol. The van der Waals surface area contributed by atoms with E-state index in [4.69, 9.17) is 21.9 Å². The lowest BCUT2D eigenvalue weighted by atomic mass is 10.1. The molecule has 9 heteroatoms. The number of hydrogen-bond acceptors (Lipinski definition) is 6. The lowest BCUT2D eigenvalue weighted by Crippen LogP contribution is -2.26. The molecule has 0 saturated heterocycles. The molecule has 0 aliphatic carbocycles. The van der Waals surface area contributed by atoms with Crippen LogP contribution in [0.2, 0.25) is 5.02 Å². The third kappa shape index (κ3) is 5.35. The van der Waals surface area contributed by atoms with Crippen LogP contribution in [0, 0.1) is 12.5 Å². The largest absolute Gasteiger partial charge is 0.488 e. The Hall–Kier alpha value is -3.52. The molecule has 31 heavy (non-hydrogen) atoms. The molecule has 0 atom stereocenters. The van der Waals surface area contributed by atoms with Crippen molar-refractivity contribution >= 4 is 23.3 Å². The molecule has 160 valence electrons. The van der Waals surface area contributed by atoms with E-state index in [0.717, 1.165) is 28.3 Å². The fourth-order valence-electron chi connectivity index (χ4n) is 2.90. The highest BCUT2D eigenvalue weighted by molar-refractivity contribution is 6.31. The number of nitrogens with one attached hydrogen (secondary N) is 2. The summed E-state index contributed by atoms with van der Waals surface area (Å²) in [4.78, 5) is 21.0. The van der Waals surface area contributed by atoms with Crippen molar-refractivity contribution < 1.29 is 9.53 Å². The molecule has 3 rings (SSSR count). The summed E-state index contributed by atoms with van der Waals surface area (Å²) in [5.41, 5.74) is 10.9. The zero-order valence-electron chi connectivity index (χ0n) is 17.5. The molecule has 0 bridgehead atoms. The smallest absolute Gasteiger partial charge is 0.343 e. The van der Waals surface area contributed by atoms with Crippen LogP contribution in [-0.4, -0.2) is 28.1 Å². The second kappa shape index (κ2) is 9.99. The fraction of sp³-hybridized carbons (Fsp3) is 0.227. The molecule has 0 unspecified atom stereocenters. The highest BCUT2D eigenvalue weighted by Crippen LogP contribution is 2.29. The van der Waals surface area contributed by atoms with Gasteiger partial charge in [-0.25, -0.2) is 14.8 Å². The normalized spacial score (nSPS) is 10.5. The van der Waals surface area contributed by atoms with E-state index in [2.05, 4.69) is 27.4 Å². The molecule has 0 spiro atoms. The second-order valence-electron chi connectivity index (χ2n) is 6.81. The van der Waals surface area contributed by atoms with Crippen LogP contribution in [0.5, 0.6) is 5.75 Å². The van der Waals surface area contributed by atoms with Gasteiger partial charge in [-0.05, 0) is 55.3 Å². The number of hydrogen-bond donors (Lipinski definition) is 2. The number of ether oxygens (including phenoxy) is 1. The van der Waals surface area contributed by atoms with Crippen molar-refractivity contribution in [1.29, 1.82) is 5.53 Å². The van der Waals surface area contributed by atoms with Crippen LogP contribution < -0.4 is 10.1 Å². The Kier molecular flexibility index (Phi) is 7.15. The van der Waals surface area contributed by atoms with Crippen molar-refractivity contribution in [1.82, 2.24) is 15.0 Å². The number of rotatable bonds is 7. The zero-order chi connectivity index (χ0) is 22.4. The maximum atomic E-state index is 12.1. The van der Waals surface area contributed by atoms with E-state index in [-0.39, 0.29) is 6.61 Å². The highest BCUT2D eigenvalue weighted by atomic mass is 35.5. The molecule has 2 N–H and O–H groups in total. The van der Waals surface area contributed by atoms with Crippen molar-refractivity contribution in [3.63, 3.8) is 0 Å². The predicted octanol–water partition coefficient (Wildman–Crippen LogP) is 5.66. The first-order valence-electron chi connectivity index (χ1n) is 9.68. The number of amides is 2. The number of aromatic nitrogens is 2. The Morgan fingerprint density at radius 1 is 1.29 bits per heavy atom. The summed E-state index contributed by atoms with van der Waals surface area (Å²) >= 11 is 6.34. The Labute approximate surface area is 185 Å². The average Bonchev–Trinajstić information content (AvgIpc) is 2.78. The maximum absolute atomic E-state index is 12.1. The third-order valence-electron chi connectivity index (χ3n) is 4.69. The van der Waals surface area contributed by atoms with Gasteiger partial charge in [-0.1, -0.05) is 29.8 Å². The lowest BCUT2D eigenvalue weighted by Gasteiger charge is -2.16. The first-order valence-corrected chi connectivity index (χ1v) is 10.1. The molecular formula is C22H23ClN6O2. The van der Waals surface area contributed by atoms with E-state index in [1.165, 1.54) is 7.05 Å². The molecule has 2 aromatic carbocycles. The maximum Gasteiger partial charge on any atom is 0.343 e. The van der Waals surface area contributed by atoms with E-state index in [1.54, 1.807) is 24.4 Å². The standard InChI is InChI=1S/C22H23ClN6O2/c1-4-16-10-11-25-21(26-16)15-8-9-20(14(2)12-15)31-13-17-18(23)6-5-7-19(17)27-22(30)29(3)28-24/h5-12,24H,4,13H2,1-3H3,(H,27,30). The summed E-state index contributed by atoms with van der Waals surface area (Å²) in [6.07, 6.45) is 2.61. The first-order chi connectivity index (χ1) is 14.9. The summed E-state index contributed by atoms with van der Waals surface area (Å²) < 4.78 is 6.00. The van der Waals surface area contributed by atoms with E-state index < -0.39 is 6.03 Å². The lowest BCUT2D eigenvalue weighted by molar-refractivity contribution is 0.220. The molecule has 8 nitrogen and oxygen atoms in total. The van der Waals surface area contributed by atoms with Gasteiger partial charge in [0.05, 0.1) is 5.69 Å². The van der Waals surface area contributed by atoms with Gasteiger partial charge in [-0.15, -0.1) is 0 Å². The quantitative estimate of drug-likeness (QED) is 0.367. The Morgan fingerprint density at radius 2 is 2.10 bits per heavy atom. The Morgan fingerprint density at radius 3 is 2.81 bits per heavy atom. The number of benzene rings is 2. The third-order valence-corrected chi connectivity index (χ3v) is 5.04. The van der Waals surface area contributed by atoms with Crippen LogP contribution in [0.1, 0.15) is 23.7 Å². The molecule has 1 aromatic heterocycles. The van der Waals surface area contributed by atoms with Gasteiger partial charge in [0.25, 0.3) is 0 Å². The Bertz CT molecular complexity index is 1110. The second-order valence-corrected chi connectivity index (χ2v) is 7.22. The summed E-state index contributed by atoms with van der Waals surface area (Å²) in [6, 6.07) is 12.3. The van der Waals surface area contributed by atoms with Crippen molar-refractivity contribution in [2.75, 3.05) is 12.4 Å².